The lowest BCUT2D eigenvalue weighted by Gasteiger charge is -2.24. The van der Waals surface area contributed by atoms with Gasteiger partial charge >= 0.3 is 5.97 Å². The van der Waals surface area contributed by atoms with Crippen LogP contribution in [0.15, 0.2) is 48.6 Å². The Morgan fingerprint density at radius 2 is 0.810 bits per heavy atom. The van der Waals surface area contributed by atoms with Crippen LogP contribution in [0.1, 0.15) is 278 Å². The fraction of sp³-hybridized carbons (Fsp3) is 0.825. The molecule has 0 aliphatic heterocycles. The first-order chi connectivity index (χ1) is 31.0. The standard InChI is InChI=1S/C57H105NO5/c1-4-7-10-13-16-19-21-23-25-27-29-31-33-35-38-41-44-47-50-57(62)63-53(48-45-42-39-36-18-15-12-9-6-3)51-56(61)58-54(52-59)55(60)49-46-43-40-37-34-32-30-28-26-24-22-20-17-14-11-8-5-2/h16,19,21,23,25,27,29,31,53-55,59-60H,4-15,17-18,20,22,24,26,28,30,32-52H2,1-3H3,(H,58,61)/b19-16+,23-21+,27-25+,31-29+. The number of hydrogen-bond donors (Lipinski definition) is 3. The first kappa shape index (κ1) is 60.8. The molecule has 0 aliphatic rings. The van der Waals surface area contributed by atoms with Crippen LogP contribution in [0.5, 0.6) is 0 Å². The van der Waals surface area contributed by atoms with E-state index in [9.17, 15) is 19.8 Å². The average Bonchev–Trinajstić information content (AvgIpc) is 3.28. The van der Waals surface area contributed by atoms with E-state index in [1.807, 2.05) is 0 Å². The van der Waals surface area contributed by atoms with Gasteiger partial charge in [0, 0.05) is 6.42 Å². The maximum absolute atomic E-state index is 13.2. The molecule has 0 rings (SSSR count). The second-order valence-corrected chi connectivity index (χ2v) is 18.7. The van der Waals surface area contributed by atoms with Gasteiger partial charge < -0.3 is 20.3 Å². The molecule has 0 heterocycles. The van der Waals surface area contributed by atoms with Gasteiger partial charge in [-0.05, 0) is 51.4 Å². The van der Waals surface area contributed by atoms with Gasteiger partial charge in [0.25, 0.3) is 0 Å². The summed E-state index contributed by atoms with van der Waals surface area (Å²) in [6.07, 6.45) is 61.7. The predicted octanol–water partition coefficient (Wildman–Crippen LogP) is 16.6. The van der Waals surface area contributed by atoms with Crippen molar-refractivity contribution in [2.24, 2.45) is 0 Å². The molecule has 0 aliphatic carbocycles. The third-order valence-electron chi connectivity index (χ3n) is 12.5. The van der Waals surface area contributed by atoms with Gasteiger partial charge in [-0.2, -0.15) is 0 Å². The summed E-state index contributed by atoms with van der Waals surface area (Å²) in [5, 5.41) is 23.8. The van der Waals surface area contributed by atoms with Crippen molar-refractivity contribution in [3.05, 3.63) is 48.6 Å². The molecule has 0 spiro atoms. The monoisotopic (exact) mass is 884 g/mol. The number of allylic oxidation sites excluding steroid dienone is 8. The van der Waals surface area contributed by atoms with Crippen LogP contribution in [-0.4, -0.2) is 46.9 Å². The maximum Gasteiger partial charge on any atom is 0.306 e. The molecule has 1 amide bonds. The summed E-state index contributed by atoms with van der Waals surface area (Å²) in [5.41, 5.74) is 0. The number of ether oxygens (including phenoxy) is 1. The molecule has 63 heavy (non-hydrogen) atoms. The Balaban J connectivity index is 4.44. The van der Waals surface area contributed by atoms with Crippen molar-refractivity contribution in [1.82, 2.24) is 5.32 Å². The van der Waals surface area contributed by atoms with Crippen molar-refractivity contribution in [1.29, 1.82) is 0 Å². The van der Waals surface area contributed by atoms with Gasteiger partial charge in [0.1, 0.15) is 6.10 Å². The third-order valence-corrected chi connectivity index (χ3v) is 12.5. The summed E-state index contributed by atoms with van der Waals surface area (Å²) < 4.78 is 5.92. The number of aliphatic hydroxyl groups excluding tert-OH is 2. The highest BCUT2D eigenvalue weighted by molar-refractivity contribution is 5.77. The largest absolute Gasteiger partial charge is 0.462 e. The summed E-state index contributed by atoms with van der Waals surface area (Å²) in [5.74, 6) is -0.493. The minimum Gasteiger partial charge on any atom is -0.462 e. The number of hydrogen-bond acceptors (Lipinski definition) is 5. The smallest absolute Gasteiger partial charge is 0.306 e. The Hall–Kier alpha value is -2.18. The molecule has 368 valence electrons. The fourth-order valence-electron chi connectivity index (χ4n) is 8.33. The van der Waals surface area contributed by atoms with Crippen molar-refractivity contribution < 1.29 is 24.5 Å². The van der Waals surface area contributed by atoms with E-state index in [2.05, 4.69) is 74.7 Å². The maximum atomic E-state index is 13.2. The molecule has 0 saturated carbocycles. The quantitative estimate of drug-likeness (QED) is 0.0321. The van der Waals surface area contributed by atoms with Gasteiger partial charge in [-0.25, -0.2) is 0 Å². The zero-order valence-electron chi connectivity index (χ0n) is 42.0. The number of nitrogens with one attached hydrogen (secondary N) is 1. The SMILES string of the molecule is CCCCC/C=C/C=C/C=C/C=C/CCCCCCCC(=O)OC(CCCCCCCCCCC)CC(=O)NC(CO)C(O)CCCCCCCCCCCCCCCCCCC. The molecule has 6 heteroatoms. The zero-order chi connectivity index (χ0) is 45.9. The normalized spacial score (nSPS) is 13.5. The summed E-state index contributed by atoms with van der Waals surface area (Å²) in [6, 6.07) is -0.705. The molecular weight excluding hydrogens is 779 g/mol. The first-order valence-electron chi connectivity index (χ1n) is 27.4. The molecule has 0 aromatic rings. The van der Waals surface area contributed by atoms with Gasteiger partial charge in [-0.1, -0.05) is 262 Å². The van der Waals surface area contributed by atoms with E-state index in [-0.39, 0.29) is 24.9 Å². The van der Waals surface area contributed by atoms with E-state index in [4.69, 9.17) is 4.74 Å². The minimum atomic E-state index is -0.790. The molecule has 3 unspecified atom stereocenters. The number of aliphatic hydroxyl groups is 2. The molecule has 0 aromatic carbocycles. The Kier molecular flexibility index (Phi) is 49.1. The van der Waals surface area contributed by atoms with Crippen molar-refractivity contribution in [2.45, 2.75) is 296 Å². The summed E-state index contributed by atoms with van der Waals surface area (Å²) >= 11 is 0. The lowest BCUT2D eigenvalue weighted by molar-refractivity contribution is -0.151. The third kappa shape index (κ3) is 46.2. The number of carbonyl (C=O) groups is 2. The van der Waals surface area contributed by atoms with Crippen LogP contribution in [0, 0.1) is 0 Å². The van der Waals surface area contributed by atoms with E-state index in [1.165, 1.54) is 154 Å². The van der Waals surface area contributed by atoms with Gasteiger partial charge in [0.2, 0.25) is 5.91 Å². The van der Waals surface area contributed by atoms with Crippen molar-refractivity contribution >= 4 is 11.9 Å². The molecule has 3 atom stereocenters. The highest BCUT2D eigenvalue weighted by Crippen LogP contribution is 2.18. The highest BCUT2D eigenvalue weighted by atomic mass is 16.5. The summed E-state index contributed by atoms with van der Waals surface area (Å²) in [7, 11) is 0. The van der Waals surface area contributed by atoms with Crippen LogP contribution in [0.4, 0.5) is 0 Å². The van der Waals surface area contributed by atoms with Gasteiger partial charge in [-0.15, -0.1) is 0 Å². The number of carbonyl (C=O) groups excluding carboxylic acids is 2. The van der Waals surface area contributed by atoms with Crippen molar-refractivity contribution in [3.8, 4) is 0 Å². The van der Waals surface area contributed by atoms with E-state index in [0.29, 0.717) is 19.3 Å². The van der Waals surface area contributed by atoms with Crippen LogP contribution in [0.25, 0.3) is 0 Å². The zero-order valence-corrected chi connectivity index (χ0v) is 42.0. The lowest BCUT2D eigenvalue weighted by atomic mass is 10.0. The molecule has 0 bridgehead atoms. The molecule has 6 nitrogen and oxygen atoms in total. The van der Waals surface area contributed by atoms with Gasteiger partial charge in [0.05, 0.1) is 25.2 Å². The molecular formula is C57H105NO5. The summed E-state index contributed by atoms with van der Waals surface area (Å²) in [6.45, 7) is 6.45. The molecule has 0 saturated heterocycles. The van der Waals surface area contributed by atoms with Crippen LogP contribution in [-0.2, 0) is 14.3 Å². The second-order valence-electron chi connectivity index (χ2n) is 18.7. The van der Waals surface area contributed by atoms with Gasteiger partial charge in [0.15, 0.2) is 0 Å². The lowest BCUT2D eigenvalue weighted by Crippen LogP contribution is -2.46. The second kappa shape index (κ2) is 50.8. The van der Waals surface area contributed by atoms with Gasteiger partial charge in [-0.3, -0.25) is 9.59 Å². The first-order valence-corrected chi connectivity index (χ1v) is 27.4. The van der Waals surface area contributed by atoms with E-state index in [0.717, 1.165) is 77.0 Å². The number of amides is 1. The van der Waals surface area contributed by atoms with E-state index >= 15 is 0 Å². The molecule has 3 N–H and O–H groups in total. The number of unbranched alkanes of at least 4 members (excludes halogenated alkanes) is 32. The molecule has 0 aromatic heterocycles. The number of rotatable bonds is 49. The van der Waals surface area contributed by atoms with Crippen molar-refractivity contribution in [3.63, 3.8) is 0 Å². The van der Waals surface area contributed by atoms with Crippen molar-refractivity contribution in [2.75, 3.05) is 6.61 Å². The Morgan fingerprint density at radius 1 is 0.460 bits per heavy atom. The van der Waals surface area contributed by atoms with Crippen LogP contribution >= 0.6 is 0 Å². The highest BCUT2D eigenvalue weighted by Gasteiger charge is 2.24. The Bertz CT molecular complexity index is 1080. The molecule has 0 fully saturated rings. The predicted molar refractivity (Wildman–Crippen MR) is 273 cm³/mol. The van der Waals surface area contributed by atoms with E-state index in [1.54, 1.807) is 0 Å². The fourth-order valence-corrected chi connectivity index (χ4v) is 8.33. The molecule has 0 radical (unpaired) electrons. The number of esters is 1. The summed E-state index contributed by atoms with van der Waals surface area (Å²) in [4.78, 5) is 26.1. The van der Waals surface area contributed by atoms with E-state index < -0.39 is 18.2 Å². The average molecular weight is 884 g/mol. The Morgan fingerprint density at radius 3 is 1.25 bits per heavy atom. The topological polar surface area (TPSA) is 95.9 Å². The Labute approximate surface area is 391 Å². The van der Waals surface area contributed by atoms with Crippen LogP contribution in [0.3, 0.4) is 0 Å². The van der Waals surface area contributed by atoms with Crippen LogP contribution < -0.4 is 5.32 Å². The minimum absolute atomic E-state index is 0.0697. The van der Waals surface area contributed by atoms with Crippen LogP contribution in [0.2, 0.25) is 0 Å².